The molecule has 0 aliphatic carbocycles. The molecule has 2 aromatic rings. The van der Waals surface area contributed by atoms with E-state index in [1.54, 1.807) is 4.90 Å². The number of amides is 2. The van der Waals surface area contributed by atoms with E-state index in [0.717, 1.165) is 22.4 Å². The maximum atomic E-state index is 12.3. The highest BCUT2D eigenvalue weighted by Gasteiger charge is 2.36. The highest BCUT2D eigenvalue weighted by atomic mass is 16.5. The summed E-state index contributed by atoms with van der Waals surface area (Å²) < 4.78 is 5.15. The molecule has 28 heavy (non-hydrogen) atoms. The molecular weight excluding hydrogens is 356 g/mol. The summed E-state index contributed by atoms with van der Waals surface area (Å²) in [5.74, 6) is -1.62. The van der Waals surface area contributed by atoms with Gasteiger partial charge in [-0.2, -0.15) is 0 Å². The van der Waals surface area contributed by atoms with Crippen molar-refractivity contribution in [2.24, 2.45) is 5.92 Å². The molecule has 0 saturated carbocycles. The van der Waals surface area contributed by atoms with Gasteiger partial charge in [0.15, 0.2) is 6.61 Å². The lowest BCUT2D eigenvalue weighted by Gasteiger charge is -2.16. The number of benzene rings is 2. The van der Waals surface area contributed by atoms with Crippen molar-refractivity contribution in [2.75, 3.05) is 23.4 Å². The van der Waals surface area contributed by atoms with Gasteiger partial charge in [-0.1, -0.05) is 35.4 Å². The molecule has 2 amide bonds. The first-order chi connectivity index (χ1) is 13.3. The molecule has 1 saturated heterocycles. The van der Waals surface area contributed by atoms with Crippen molar-refractivity contribution in [3.05, 3.63) is 59.2 Å². The molecular formula is C22H24N2O4. The van der Waals surface area contributed by atoms with Crippen LogP contribution in [0.4, 0.5) is 11.4 Å². The number of anilines is 2. The normalized spacial score (nSPS) is 16.2. The smallest absolute Gasteiger partial charge is 0.311 e. The number of rotatable bonds is 5. The minimum Gasteiger partial charge on any atom is -0.455 e. The molecule has 1 atom stereocenters. The van der Waals surface area contributed by atoms with Crippen molar-refractivity contribution in [1.29, 1.82) is 0 Å². The summed E-state index contributed by atoms with van der Waals surface area (Å²) in [4.78, 5) is 38.2. The molecule has 0 spiro atoms. The summed E-state index contributed by atoms with van der Waals surface area (Å²) in [5.41, 5.74) is 4.59. The van der Waals surface area contributed by atoms with E-state index in [-0.39, 0.29) is 25.5 Å². The molecule has 1 aliphatic heterocycles. The zero-order valence-electron chi connectivity index (χ0n) is 16.3. The second-order valence-corrected chi connectivity index (χ2v) is 7.22. The summed E-state index contributed by atoms with van der Waals surface area (Å²) in [6.07, 6.45) is 0.0887. The predicted molar refractivity (Wildman–Crippen MR) is 107 cm³/mol. The average Bonchev–Trinajstić information content (AvgIpc) is 3.04. The molecule has 0 unspecified atom stereocenters. The molecule has 1 heterocycles. The Balaban J connectivity index is 1.53. The molecule has 1 fully saturated rings. The van der Waals surface area contributed by atoms with Crippen LogP contribution in [0.5, 0.6) is 0 Å². The summed E-state index contributed by atoms with van der Waals surface area (Å²) in [5, 5.41) is 2.74. The van der Waals surface area contributed by atoms with Crippen LogP contribution < -0.4 is 10.2 Å². The number of aryl methyl sites for hydroxylation is 3. The van der Waals surface area contributed by atoms with E-state index in [4.69, 9.17) is 4.74 Å². The van der Waals surface area contributed by atoms with Crippen molar-refractivity contribution in [2.45, 2.75) is 27.2 Å². The van der Waals surface area contributed by atoms with Gasteiger partial charge in [0.25, 0.3) is 5.91 Å². The van der Waals surface area contributed by atoms with Crippen LogP contribution in [0.2, 0.25) is 0 Å². The Labute approximate surface area is 164 Å². The molecule has 1 aliphatic rings. The Bertz CT molecular complexity index is 905. The van der Waals surface area contributed by atoms with E-state index in [1.165, 1.54) is 0 Å². The van der Waals surface area contributed by atoms with Gasteiger partial charge in [0, 0.05) is 24.3 Å². The summed E-state index contributed by atoms with van der Waals surface area (Å²) in [7, 11) is 0. The maximum Gasteiger partial charge on any atom is 0.311 e. The van der Waals surface area contributed by atoms with Crippen LogP contribution in [0, 0.1) is 26.7 Å². The number of carbonyl (C=O) groups is 3. The second-order valence-electron chi connectivity index (χ2n) is 7.22. The average molecular weight is 380 g/mol. The van der Waals surface area contributed by atoms with Crippen molar-refractivity contribution in [3.63, 3.8) is 0 Å². The van der Waals surface area contributed by atoms with Crippen molar-refractivity contribution >= 4 is 29.2 Å². The van der Waals surface area contributed by atoms with Gasteiger partial charge >= 0.3 is 5.97 Å². The number of hydrogen-bond acceptors (Lipinski definition) is 4. The first-order valence-electron chi connectivity index (χ1n) is 9.24. The summed E-state index contributed by atoms with van der Waals surface area (Å²) in [6, 6.07) is 13.2. The van der Waals surface area contributed by atoms with Crippen LogP contribution in [0.25, 0.3) is 0 Å². The quantitative estimate of drug-likeness (QED) is 0.809. The molecule has 3 rings (SSSR count). The monoisotopic (exact) mass is 380 g/mol. The predicted octanol–water partition coefficient (Wildman–Crippen LogP) is 3.15. The largest absolute Gasteiger partial charge is 0.455 e. The Hall–Kier alpha value is -3.15. The standard InChI is InChI=1S/C22H24N2O4/c1-14-4-7-18(8-5-14)24-12-17(11-21(24)26)22(27)28-13-20(25)23-19-9-6-15(2)10-16(19)3/h4-10,17H,11-13H2,1-3H3,(H,23,25)/t17-/m0/s1. The molecule has 6 nitrogen and oxygen atoms in total. The Kier molecular flexibility index (Phi) is 5.78. The highest BCUT2D eigenvalue weighted by molar-refractivity contribution is 6.00. The molecule has 0 bridgehead atoms. The van der Waals surface area contributed by atoms with Gasteiger partial charge in [-0.3, -0.25) is 14.4 Å². The molecule has 0 aromatic heterocycles. The number of carbonyl (C=O) groups excluding carboxylic acids is 3. The molecule has 146 valence electrons. The Morgan fingerprint density at radius 1 is 1.07 bits per heavy atom. The lowest BCUT2D eigenvalue weighted by atomic mass is 10.1. The third kappa shape index (κ3) is 4.57. The van der Waals surface area contributed by atoms with Crippen LogP contribution in [0.1, 0.15) is 23.1 Å². The van der Waals surface area contributed by atoms with E-state index in [0.29, 0.717) is 5.69 Å². The van der Waals surface area contributed by atoms with Crippen LogP contribution in [-0.4, -0.2) is 30.9 Å². The van der Waals surface area contributed by atoms with Gasteiger partial charge in [0.1, 0.15) is 0 Å². The summed E-state index contributed by atoms with van der Waals surface area (Å²) >= 11 is 0. The number of nitrogens with one attached hydrogen (secondary N) is 1. The number of esters is 1. The van der Waals surface area contributed by atoms with E-state index in [9.17, 15) is 14.4 Å². The van der Waals surface area contributed by atoms with Gasteiger partial charge in [-0.15, -0.1) is 0 Å². The lowest BCUT2D eigenvalue weighted by molar-refractivity contribution is -0.151. The fourth-order valence-electron chi connectivity index (χ4n) is 3.23. The fourth-order valence-corrected chi connectivity index (χ4v) is 3.23. The fraction of sp³-hybridized carbons (Fsp3) is 0.318. The molecule has 6 heteroatoms. The van der Waals surface area contributed by atoms with Crippen LogP contribution in [0.15, 0.2) is 42.5 Å². The number of hydrogen-bond donors (Lipinski definition) is 1. The van der Waals surface area contributed by atoms with Gasteiger partial charge in [0.2, 0.25) is 5.91 Å². The Morgan fingerprint density at radius 2 is 1.75 bits per heavy atom. The SMILES string of the molecule is Cc1ccc(N2C[C@@H](C(=O)OCC(=O)Nc3ccc(C)cc3C)CC2=O)cc1. The van der Waals surface area contributed by atoms with Gasteiger partial charge in [-0.25, -0.2) is 0 Å². The van der Waals surface area contributed by atoms with Crippen molar-refractivity contribution in [1.82, 2.24) is 0 Å². The zero-order valence-corrected chi connectivity index (χ0v) is 16.3. The second kappa shape index (κ2) is 8.25. The first-order valence-corrected chi connectivity index (χ1v) is 9.24. The van der Waals surface area contributed by atoms with Gasteiger partial charge < -0.3 is 15.0 Å². The minimum absolute atomic E-state index is 0.0887. The van der Waals surface area contributed by atoms with Gasteiger partial charge in [-0.05, 0) is 44.5 Å². The van der Waals surface area contributed by atoms with E-state index < -0.39 is 17.8 Å². The first kappa shape index (κ1) is 19.6. The number of nitrogens with zero attached hydrogens (tertiary/aromatic N) is 1. The lowest BCUT2D eigenvalue weighted by Crippen LogP contribution is -2.28. The third-order valence-corrected chi connectivity index (χ3v) is 4.81. The zero-order chi connectivity index (χ0) is 20.3. The number of ether oxygens (including phenoxy) is 1. The molecule has 1 N–H and O–H groups in total. The Morgan fingerprint density at radius 3 is 2.43 bits per heavy atom. The van der Waals surface area contributed by atoms with E-state index in [2.05, 4.69) is 5.32 Å². The molecule has 0 radical (unpaired) electrons. The topological polar surface area (TPSA) is 75.7 Å². The minimum atomic E-state index is -0.567. The van der Waals surface area contributed by atoms with E-state index >= 15 is 0 Å². The van der Waals surface area contributed by atoms with Crippen molar-refractivity contribution < 1.29 is 19.1 Å². The highest BCUT2D eigenvalue weighted by Crippen LogP contribution is 2.26. The third-order valence-electron chi connectivity index (χ3n) is 4.81. The summed E-state index contributed by atoms with van der Waals surface area (Å²) in [6.45, 7) is 5.74. The van der Waals surface area contributed by atoms with Crippen molar-refractivity contribution in [3.8, 4) is 0 Å². The van der Waals surface area contributed by atoms with Crippen LogP contribution in [0.3, 0.4) is 0 Å². The van der Waals surface area contributed by atoms with Crippen LogP contribution >= 0.6 is 0 Å². The van der Waals surface area contributed by atoms with E-state index in [1.807, 2.05) is 63.2 Å². The van der Waals surface area contributed by atoms with Gasteiger partial charge in [0.05, 0.1) is 5.92 Å². The maximum absolute atomic E-state index is 12.3. The van der Waals surface area contributed by atoms with Crippen LogP contribution in [-0.2, 0) is 19.1 Å². The molecule has 2 aromatic carbocycles.